The van der Waals surface area contributed by atoms with E-state index in [9.17, 15) is 17.9 Å². The molecule has 0 aliphatic carbocycles. The first-order valence-corrected chi connectivity index (χ1v) is 9.90. The smallest absolute Gasteiger partial charge is 0.768 e. The molecule has 0 aliphatic rings. The van der Waals surface area contributed by atoms with E-state index in [-0.39, 0.29) is 44.7 Å². The quantitative estimate of drug-likeness (QED) is 0.372. The molecule has 0 saturated heterocycles. The fraction of sp³-hybridized carbons (Fsp3) is 0.100. The third kappa shape index (κ3) is 5.59. The predicted molar refractivity (Wildman–Crippen MR) is 77.0 cm³/mol. The molecule has 2 aromatic heterocycles. The van der Waals surface area contributed by atoms with E-state index in [4.69, 9.17) is 16.1 Å². The second-order valence-electron chi connectivity index (χ2n) is 3.73. The summed E-state index contributed by atoms with van der Waals surface area (Å²) < 4.78 is 42.1. The van der Waals surface area contributed by atoms with Crippen LogP contribution >= 0.6 is 30.5 Å². The van der Waals surface area contributed by atoms with E-state index >= 15 is 0 Å². The SMILES string of the molecule is O=P([O-])(CNS(=O)(=O)c1cccs1)Oc1cccnc1Cl.[Na+]. The van der Waals surface area contributed by atoms with Crippen LogP contribution in [-0.2, 0) is 14.6 Å². The first-order chi connectivity index (χ1) is 9.80. The Morgan fingerprint density at radius 1 is 1.41 bits per heavy atom. The van der Waals surface area contributed by atoms with Gasteiger partial charge in [-0.05, 0) is 23.6 Å². The minimum absolute atomic E-state index is 0. The zero-order valence-electron chi connectivity index (χ0n) is 11.3. The van der Waals surface area contributed by atoms with Crippen molar-refractivity contribution in [2.24, 2.45) is 0 Å². The molecule has 1 unspecified atom stereocenters. The molecule has 2 heterocycles. The third-order valence-electron chi connectivity index (χ3n) is 2.17. The van der Waals surface area contributed by atoms with Gasteiger partial charge in [-0.1, -0.05) is 17.7 Å². The van der Waals surface area contributed by atoms with Crippen molar-refractivity contribution < 1.29 is 52.0 Å². The van der Waals surface area contributed by atoms with Gasteiger partial charge in [0.15, 0.2) is 18.5 Å². The summed E-state index contributed by atoms with van der Waals surface area (Å²) in [5, 5.41) is 1.44. The van der Waals surface area contributed by atoms with Crippen molar-refractivity contribution in [3.05, 3.63) is 41.0 Å². The van der Waals surface area contributed by atoms with Gasteiger partial charge in [-0.3, -0.25) is 4.57 Å². The van der Waals surface area contributed by atoms with Gasteiger partial charge in [0.25, 0.3) is 10.0 Å². The van der Waals surface area contributed by atoms with Crippen LogP contribution in [0.3, 0.4) is 0 Å². The number of nitrogens with one attached hydrogen (secondary N) is 1. The molecule has 0 spiro atoms. The second-order valence-corrected chi connectivity index (χ2v) is 8.75. The summed E-state index contributed by atoms with van der Waals surface area (Å²) in [5.74, 6) is -0.159. The molecular formula is C10H9ClN2NaO5PS2. The number of pyridine rings is 1. The monoisotopic (exact) mass is 390 g/mol. The van der Waals surface area contributed by atoms with Gasteiger partial charge in [0.05, 0.1) is 6.29 Å². The van der Waals surface area contributed by atoms with E-state index in [1.807, 2.05) is 4.72 Å². The number of hydrogen-bond donors (Lipinski definition) is 1. The van der Waals surface area contributed by atoms with Crippen LogP contribution in [0.15, 0.2) is 40.1 Å². The maximum absolute atomic E-state index is 11.8. The standard InChI is InChI=1S/C10H10ClN2O5PS2.Na/c11-10-8(3-1-5-12-10)18-19(14,15)7-13-21(16,17)9-4-2-6-20-9;/h1-6,13H,7H2,(H,14,15);/q;+1/p-1. The molecule has 0 aliphatic heterocycles. The van der Waals surface area contributed by atoms with Gasteiger partial charge in [-0.15, -0.1) is 11.3 Å². The Morgan fingerprint density at radius 3 is 2.73 bits per heavy atom. The fourth-order valence-electron chi connectivity index (χ4n) is 1.27. The number of thiophene rings is 1. The van der Waals surface area contributed by atoms with Crippen LogP contribution in [0.1, 0.15) is 0 Å². The van der Waals surface area contributed by atoms with Gasteiger partial charge in [0.1, 0.15) is 4.21 Å². The Kier molecular flexibility index (Phi) is 7.51. The van der Waals surface area contributed by atoms with Gasteiger partial charge in [0.2, 0.25) is 0 Å². The number of aromatic nitrogens is 1. The van der Waals surface area contributed by atoms with E-state index in [0.29, 0.717) is 0 Å². The van der Waals surface area contributed by atoms with Crippen LogP contribution in [0, 0.1) is 0 Å². The normalized spacial score (nSPS) is 13.9. The van der Waals surface area contributed by atoms with Crippen molar-refractivity contribution in [1.82, 2.24) is 9.71 Å². The van der Waals surface area contributed by atoms with Crippen molar-refractivity contribution >= 4 is 40.6 Å². The summed E-state index contributed by atoms with van der Waals surface area (Å²) >= 11 is 6.64. The van der Waals surface area contributed by atoms with Crippen LogP contribution in [0.25, 0.3) is 0 Å². The topological polar surface area (TPSA) is 108 Å². The molecule has 12 heteroatoms. The van der Waals surface area contributed by atoms with Crippen molar-refractivity contribution in [3.8, 4) is 5.75 Å². The molecule has 0 radical (unpaired) electrons. The van der Waals surface area contributed by atoms with E-state index in [0.717, 1.165) is 11.3 Å². The Morgan fingerprint density at radius 2 is 2.14 bits per heavy atom. The summed E-state index contributed by atoms with van der Waals surface area (Å²) in [6.45, 7) is 0. The molecule has 114 valence electrons. The Balaban J connectivity index is 0.00000242. The summed E-state index contributed by atoms with van der Waals surface area (Å²) in [4.78, 5) is 15.4. The number of rotatable bonds is 6. The number of sulfonamides is 1. The molecule has 2 aromatic rings. The maximum atomic E-state index is 11.8. The molecular weight excluding hydrogens is 382 g/mol. The molecule has 7 nitrogen and oxygen atoms in total. The molecule has 0 fully saturated rings. The average Bonchev–Trinajstić information content (AvgIpc) is 2.94. The molecule has 0 bridgehead atoms. The summed E-state index contributed by atoms with van der Waals surface area (Å²) in [6, 6.07) is 5.66. The first kappa shape index (κ1) is 20.1. The number of hydrogen-bond acceptors (Lipinski definition) is 7. The Labute approximate surface area is 158 Å². The second kappa shape index (κ2) is 8.23. The molecule has 0 saturated carbocycles. The van der Waals surface area contributed by atoms with Crippen molar-refractivity contribution in [3.63, 3.8) is 0 Å². The minimum Gasteiger partial charge on any atom is -0.768 e. The largest absolute Gasteiger partial charge is 1.00 e. The predicted octanol–water partition coefficient (Wildman–Crippen LogP) is -1.33. The number of halogens is 1. The molecule has 1 N–H and O–H groups in total. The minimum atomic E-state index is -4.50. The zero-order chi connectivity index (χ0) is 15.5. The molecule has 0 amide bonds. The Bertz CT molecular complexity index is 771. The third-order valence-corrected chi connectivity index (χ3v) is 6.49. The van der Waals surface area contributed by atoms with Crippen LogP contribution in [0.5, 0.6) is 5.75 Å². The summed E-state index contributed by atoms with van der Waals surface area (Å²) in [5.41, 5.74) is 0. The molecule has 0 aromatic carbocycles. The average molecular weight is 391 g/mol. The van der Waals surface area contributed by atoms with Gasteiger partial charge in [0, 0.05) is 6.20 Å². The van der Waals surface area contributed by atoms with E-state index in [2.05, 4.69) is 4.98 Å². The fourth-order valence-corrected chi connectivity index (χ4v) is 5.01. The molecule has 22 heavy (non-hydrogen) atoms. The van der Waals surface area contributed by atoms with Crippen LogP contribution in [-0.4, -0.2) is 19.7 Å². The van der Waals surface area contributed by atoms with Crippen LogP contribution < -0.4 is 43.7 Å². The number of nitrogens with zero attached hydrogens (tertiary/aromatic N) is 1. The van der Waals surface area contributed by atoms with Crippen LogP contribution in [0.4, 0.5) is 0 Å². The van der Waals surface area contributed by atoms with Gasteiger partial charge in [-0.2, -0.15) is 0 Å². The van der Waals surface area contributed by atoms with Gasteiger partial charge in [-0.25, -0.2) is 18.1 Å². The summed E-state index contributed by atoms with van der Waals surface area (Å²) in [6.07, 6.45) is 0.475. The zero-order valence-corrected chi connectivity index (χ0v) is 16.6. The van der Waals surface area contributed by atoms with E-state index < -0.39 is 23.9 Å². The first-order valence-electron chi connectivity index (χ1n) is 5.43. The van der Waals surface area contributed by atoms with Crippen LogP contribution in [0.2, 0.25) is 5.15 Å². The maximum Gasteiger partial charge on any atom is 1.00 e. The van der Waals surface area contributed by atoms with Gasteiger partial charge >= 0.3 is 29.6 Å². The van der Waals surface area contributed by atoms with Crippen molar-refractivity contribution in [2.75, 3.05) is 6.29 Å². The molecule has 1 atom stereocenters. The van der Waals surface area contributed by atoms with Crippen molar-refractivity contribution in [1.29, 1.82) is 0 Å². The van der Waals surface area contributed by atoms with E-state index in [1.54, 1.807) is 11.4 Å². The summed E-state index contributed by atoms with van der Waals surface area (Å²) in [7, 11) is -8.38. The van der Waals surface area contributed by atoms with Crippen molar-refractivity contribution in [2.45, 2.75) is 4.21 Å². The van der Waals surface area contributed by atoms with E-state index in [1.165, 1.54) is 24.4 Å². The Hall–Kier alpha value is 0.0400. The molecule has 2 rings (SSSR count). The van der Waals surface area contributed by atoms with Gasteiger partial charge < -0.3 is 9.42 Å².